The summed E-state index contributed by atoms with van der Waals surface area (Å²) in [6.07, 6.45) is 2.41. The van der Waals surface area contributed by atoms with Crippen molar-refractivity contribution < 1.29 is 4.74 Å². The Kier molecular flexibility index (Phi) is 3.66. The molecule has 18 heavy (non-hydrogen) atoms. The molecule has 0 amide bonds. The van der Waals surface area contributed by atoms with Gasteiger partial charge in [0, 0.05) is 31.6 Å². The molecule has 0 radical (unpaired) electrons. The third kappa shape index (κ3) is 2.74. The highest BCUT2D eigenvalue weighted by molar-refractivity contribution is 7.09. The van der Waals surface area contributed by atoms with Gasteiger partial charge in [-0.05, 0) is 26.3 Å². The fourth-order valence-electron chi connectivity index (χ4n) is 3.00. The van der Waals surface area contributed by atoms with E-state index in [1.807, 2.05) is 0 Å². The minimum atomic E-state index is 0.0571. The zero-order valence-electron chi connectivity index (χ0n) is 10.9. The Morgan fingerprint density at radius 2 is 2.56 bits per heavy atom. The molecule has 5 heteroatoms. The van der Waals surface area contributed by atoms with Gasteiger partial charge in [-0.3, -0.25) is 4.90 Å². The highest BCUT2D eigenvalue weighted by atomic mass is 32.1. The van der Waals surface area contributed by atoms with E-state index >= 15 is 0 Å². The fraction of sp³-hybridized carbons (Fsp3) is 0.769. The van der Waals surface area contributed by atoms with Crippen LogP contribution in [0.3, 0.4) is 0 Å². The number of hydrogen-bond donors (Lipinski definition) is 1. The van der Waals surface area contributed by atoms with Crippen LogP contribution in [-0.2, 0) is 11.3 Å². The molecule has 4 nitrogen and oxygen atoms in total. The number of rotatable bonds is 2. The van der Waals surface area contributed by atoms with Crippen molar-refractivity contribution in [3.8, 4) is 0 Å². The van der Waals surface area contributed by atoms with Crippen molar-refractivity contribution in [1.82, 2.24) is 15.2 Å². The Morgan fingerprint density at radius 3 is 3.28 bits per heavy atom. The van der Waals surface area contributed by atoms with Crippen LogP contribution < -0.4 is 5.32 Å². The standard InChI is InChI=1S/C13H21N3OS/c1-11-15-12(8-18-11)7-16-5-2-3-13(10-16)9-14-4-6-17-13/h8,14H,2-7,9-10H2,1H3/t13-/m1/s1. The summed E-state index contributed by atoms with van der Waals surface area (Å²) in [4.78, 5) is 7.05. The van der Waals surface area contributed by atoms with Crippen LogP contribution in [0.25, 0.3) is 0 Å². The van der Waals surface area contributed by atoms with Gasteiger partial charge in [-0.1, -0.05) is 0 Å². The van der Waals surface area contributed by atoms with Gasteiger partial charge in [-0.25, -0.2) is 4.98 Å². The second-order valence-corrected chi connectivity index (χ2v) is 6.44. The second kappa shape index (κ2) is 5.25. The number of likely N-dealkylation sites (tertiary alicyclic amines) is 1. The van der Waals surface area contributed by atoms with Crippen LogP contribution in [0.1, 0.15) is 23.5 Å². The Labute approximate surface area is 112 Å². The smallest absolute Gasteiger partial charge is 0.0933 e. The maximum atomic E-state index is 6.06. The van der Waals surface area contributed by atoms with Crippen LogP contribution in [0.2, 0.25) is 0 Å². The average molecular weight is 267 g/mol. The number of hydrogen-bond acceptors (Lipinski definition) is 5. The van der Waals surface area contributed by atoms with Gasteiger partial charge in [0.25, 0.3) is 0 Å². The molecule has 0 bridgehead atoms. The molecular formula is C13H21N3OS. The molecule has 1 aromatic heterocycles. The van der Waals surface area contributed by atoms with Gasteiger partial charge in [-0.15, -0.1) is 11.3 Å². The Balaban J connectivity index is 1.63. The first-order valence-corrected chi connectivity index (χ1v) is 7.62. The highest BCUT2D eigenvalue weighted by Crippen LogP contribution is 2.27. The molecule has 2 fully saturated rings. The summed E-state index contributed by atoms with van der Waals surface area (Å²) < 4.78 is 6.06. The number of morpholine rings is 1. The van der Waals surface area contributed by atoms with E-state index in [0.29, 0.717) is 0 Å². The van der Waals surface area contributed by atoms with E-state index in [4.69, 9.17) is 4.74 Å². The molecule has 100 valence electrons. The van der Waals surface area contributed by atoms with E-state index in [1.54, 1.807) is 11.3 Å². The van der Waals surface area contributed by atoms with Crippen LogP contribution in [0.4, 0.5) is 0 Å². The molecule has 0 aromatic carbocycles. The molecule has 2 aliphatic heterocycles. The van der Waals surface area contributed by atoms with E-state index in [-0.39, 0.29) is 5.60 Å². The second-order valence-electron chi connectivity index (χ2n) is 5.38. The van der Waals surface area contributed by atoms with Crippen molar-refractivity contribution in [2.75, 3.05) is 32.8 Å². The SMILES string of the molecule is Cc1nc(CN2CCC[C@@]3(CNCCO3)C2)cs1. The zero-order valence-corrected chi connectivity index (χ0v) is 11.8. The molecule has 1 atom stereocenters. The molecule has 3 rings (SSSR count). The van der Waals surface area contributed by atoms with Gasteiger partial charge < -0.3 is 10.1 Å². The lowest BCUT2D eigenvalue weighted by Gasteiger charge is -2.44. The first-order chi connectivity index (χ1) is 8.76. The van der Waals surface area contributed by atoms with E-state index < -0.39 is 0 Å². The zero-order chi connectivity index (χ0) is 12.4. The number of thiazole rings is 1. The first kappa shape index (κ1) is 12.5. The van der Waals surface area contributed by atoms with Crippen LogP contribution in [0, 0.1) is 6.92 Å². The monoisotopic (exact) mass is 267 g/mol. The van der Waals surface area contributed by atoms with Crippen molar-refractivity contribution in [2.24, 2.45) is 0 Å². The molecule has 0 aliphatic carbocycles. The minimum absolute atomic E-state index is 0.0571. The van der Waals surface area contributed by atoms with Crippen LogP contribution in [0.15, 0.2) is 5.38 Å². The van der Waals surface area contributed by atoms with Crippen molar-refractivity contribution in [1.29, 1.82) is 0 Å². The van der Waals surface area contributed by atoms with E-state index in [0.717, 1.165) is 37.8 Å². The number of ether oxygens (including phenoxy) is 1. The first-order valence-electron chi connectivity index (χ1n) is 6.74. The quantitative estimate of drug-likeness (QED) is 0.879. The summed E-state index contributed by atoms with van der Waals surface area (Å²) in [5, 5.41) is 6.81. The van der Waals surface area contributed by atoms with Gasteiger partial charge in [0.1, 0.15) is 0 Å². The van der Waals surface area contributed by atoms with Crippen molar-refractivity contribution in [3.63, 3.8) is 0 Å². The summed E-state index contributed by atoms with van der Waals surface area (Å²) in [5.41, 5.74) is 1.26. The highest BCUT2D eigenvalue weighted by Gasteiger charge is 2.37. The normalized spacial score (nSPS) is 29.8. The lowest BCUT2D eigenvalue weighted by molar-refractivity contribution is -0.107. The third-order valence-corrected chi connectivity index (χ3v) is 4.63. The van der Waals surface area contributed by atoms with Gasteiger partial charge in [0.2, 0.25) is 0 Å². The molecule has 1 spiro atoms. The third-order valence-electron chi connectivity index (χ3n) is 3.80. The van der Waals surface area contributed by atoms with Gasteiger partial charge in [-0.2, -0.15) is 0 Å². The Morgan fingerprint density at radius 1 is 1.61 bits per heavy atom. The predicted molar refractivity (Wildman–Crippen MR) is 72.9 cm³/mol. The van der Waals surface area contributed by atoms with E-state index in [1.165, 1.54) is 25.1 Å². The summed E-state index contributed by atoms with van der Waals surface area (Å²) in [5.74, 6) is 0. The molecule has 1 N–H and O–H groups in total. The number of aromatic nitrogens is 1. The molecule has 2 saturated heterocycles. The number of nitrogens with zero attached hydrogens (tertiary/aromatic N) is 2. The molecule has 3 heterocycles. The Hall–Kier alpha value is -0.490. The number of nitrogens with one attached hydrogen (secondary N) is 1. The van der Waals surface area contributed by atoms with E-state index in [2.05, 4.69) is 27.5 Å². The number of piperidine rings is 1. The Bertz CT molecular complexity index is 395. The molecule has 2 aliphatic rings. The summed E-state index contributed by atoms with van der Waals surface area (Å²) in [6, 6.07) is 0. The van der Waals surface area contributed by atoms with Gasteiger partial charge in [0.05, 0.1) is 22.9 Å². The summed E-state index contributed by atoms with van der Waals surface area (Å²) in [6.45, 7) is 8.09. The summed E-state index contributed by atoms with van der Waals surface area (Å²) in [7, 11) is 0. The lowest BCUT2D eigenvalue weighted by atomic mass is 9.91. The molecular weight excluding hydrogens is 246 g/mol. The van der Waals surface area contributed by atoms with Crippen LogP contribution in [0.5, 0.6) is 0 Å². The lowest BCUT2D eigenvalue weighted by Crippen LogP contribution is -2.58. The minimum Gasteiger partial charge on any atom is -0.371 e. The average Bonchev–Trinajstić information content (AvgIpc) is 2.76. The molecule has 0 saturated carbocycles. The fourth-order valence-corrected chi connectivity index (χ4v) is 3.61. The molecule has 0 unspecified atom stereocenters. The largest absolute Gasteiger partial charge is 0.371 e. The maximum Gasteiger partial charge on any atom is 0.0933 e. The number of aryl methyl sites for hydroxylation is 1. The van der Waals surface area contributed by atoms with Gasteiger partial charge >= 0.3 is 0 Å². The van der Waals surface area contributed by atoms with Crippen LogP contribution in [-0.4, -0.2) is 48.3 Å². The van der Waals surface area contributed by atoms with E-state index in [9.17, 15) is 0 Å². The van der Waals surface area contributed by atoms with Gasteiger partial charge in [0.15, 0.2) is 0 Å². The van der Waals surface area contributed by atoms with Crippen LogP contribution >= 0.6 is 11.3 Å². The van der Waals surface area contributed by atoms with Crippen molar-refractivity contribution >= 4 is 11.3 Å². The predicted octanol–water partition coefficient (Wildman–Crippen LogP) is 1.41. The van der Waals surface area contributed by atoms with Crippen molar-refractivity contribution in [2.45, 2.75) is 31.9 Å². The maximum absolute atomic E-state index is 6.06. The topological polar surface area (TPSA) is 37.4 Å². The van der Waals surface area contributed by atoms with Crippen molar-refractivity contribution in [3.05, 3.63) is 16.1 Å². The summed E-state index contributed by atoms with van der Waals surface area (Å²) >= 11 is 1.74. The molecule has 1 aromatic rings.